The van der Waals surface area contributed by atoms with Crippen LogP contribution in [0.15, 0.2) is 72.9 Å². The molecule has 134 valence electrons. The number of nitrogens with zero attached hydrogens (tertiary/aromatic N) is 2. The Morgan fingerprint density at radius 3 is 1.63 bits per heavy atom. The molecule has 0 radical (unpaired) electrons. The second-order valence-corrected chi connectivity index (χ2v) is 7.45. The van der Waals surface area contributed by atoms with Crippen molar-refractivity contribution in [2.24, 2.45) is 0 Å². The molecular weight excluding hydrogens is 328 g/mol. The minimum Gasteiger partial charge on any atom is -0.240 e. The van der Waals surface area contributed by atoms with E-state index >= 15 is 0 Å². The van der Waals surface area contributed by atoms with Crippen molar-refractivity contribution in [1.29, 1.82) is 0 Å². The second-order valence-electron chi connectivity index (χ2n) is 7.45. The summed E-state index contributed by atoms with van der Waals surface area (Å²) < 4.78 is 1.94. The van der Waals surface area contributed by atoms with Crippen molar-refractivity contribution in [2.75, 3.05) is 0 Å². The fourth-order valence-corrected chi connectivity index (χ4v) is 3.69. The van der Waals surface area contributed by atoms with E-state index in [2.05, 4.69) is 94.4 Å². The molecule has 0 aliphatic rings. The third-order valence-electron chi connectivity index (χ3n) is 4.79. The second kappa shape index (κ2) is 6.88. The standard InChI is InChI=1S/C25H24N2/c1-17-11-18(2)14-22(13-17)21-5-7-24(8-6-21)27-10-9-25(26-27)23-15-19(3)12-20(4)16-23/h5-16H,1-4H3. The fourth-order valence-electron chi connectivity index (χ4n) is 3.69. The van der Waals surface area contributed by atoms with Gasteiger partial charge >= 0.3 is 0 Å². The number of benzene rings is 3. The highest BCUT2D eigenvalue weighted by Crippen LogP contribution is 2.25. The van der Waals surface area contributed by atoms with Gasteiger partial charge in [-0.25, -0.2) is 4.68 Å². The molecule has 0 atom stereocenters. The molecule has 0 N–H and O–H groups in total. The number of hydrogen-bond donors (Lipinski definition) is 0. The highest BCUT2D eigenvalue weighted by atomic mass is 15.3. The molecule has 2 nitrogen and oxygen atoms in total. The molecule has 4 aromatic rings. The molecule has 0 saturated carbocycles. The topological polar surface area (TPSA) is 17.8 Å². The van der Waals surface area contributed by atoms with Crippen molar-refractivity contribution in [1.82, 2.24) is 9.78 Å². The lowest BCUT2D eigenvalue weighted by Crippen LogP contribution is -1.95. The Labute approximate surface area is 161 Å². The third-order valence-corrected chi connectivity index (χ3v) is 4.79. The molecule has 0 amide bonds. The van der Waals surface area contributed by atoms with Crippen LogP contribution in [0.25, 0.3) is 28.1 Å². The van der Waals surface area contributed by atoms with Crippen molar-refractivity contribution in [3.8, 4) is 28.1 Å². The number of hydrogen-bond acceptors (Lipinski definition) is 1. The van der Waals surface area contributed by atoms with Crippen LogP contribution >= 0.6 is 0 Å². The summed E-state index contributed by atoms with van der Waals surface area (Å²) in [6.07, 6.45) is 2.03. The third kappa shape index (κ3) is 3.70. The summed E-state index contributed by atoms with van der Waals surface area (Å²) in [5.41, 5.74) is 10.8. The van der Waals surface area contributed by atoms with Crippen LogP contribution < -0.4 is 0 Å². The van der Waals surface area contributed by atoms with Gasteiger partial charge in [0.2, 0.25) is 0 Å². The Balaban J connectivity index is 1.64. The van der Waals surface area contributed by atoms with E-state index < -0.39 is 0 Å². The molecule has 27 heavy (non-hydrogen) atoms. The van der Waals surface area contributed by atoms with Crippen molar-refractivity contribution >= 4 is 0 Å². The van der Waals surface area contributed by atoms with E-state index in [-0.39, 0.29) is 0 Å². The first kappa shape index (κ1) is 17.3. The largest absolute Gasteiger partial charge is 0.240 e. The monoisotopic (exact) mass is 352 g/mol. The predicted molar refractivity (Wildman–Crippen MR) is 113 cm³/mol. The van der Waals surface area contributed by atoms with Gasteiger partial charge in [-0.3, -0.25) is 0 Å². The molecule has 2 heteroatoms. The summed E-state index contributed by atoms with van der Waals surface area (Å²) in [5.74, 6) is 0. The Morgan fingerprint density at radius 2 is 1.07 bits per heavy atom. The Morgan fingerprint density at radius 1 is 0.556 bits per heavy atom. The predicted octanol–water partition coefficient (Wildman–Crippen LogP) is 6.44. The Kier molecular flexibility index (Phi) is 4.41. The number of aromatic nitrogens is 2. The molecule has 0 aliphatic carbocycles. The van der Waals surface area contributed by atoms with Gasteiger partial charge in [-0.15, -0.1) is 0 Å². The highest BCUT2D eigenvalue weighted by Gasteiger charge is 2.06. The molecule has 0 spiro atoms. The summed E-state index contributed by atoms with van der Waals surface area (Å²) in [5, 5.41) is 4.78. The van der Waals surface area contributed by atoms with E-state index in [1.54, 1.807) is 0 Å². The highest BCUT2D eigenvalue weighted by molar-refractivity contribution is 5.66. The zero-order chi connectivity index (χ0) is 19.0. The lowest BCUT2D eigenvalue weighted by atomic mass is 10.0. The maximum absolute atomic E-state index is 4.78. The smallest absolute Gasteiger partial charge is 0.0927 e. The van der Waals surface area contributed by atoms with Crippen LogP contribution in [0, 0.1) is 27.7 Å². The first-order valence-electron chi connectivity index (χ1n) is 9.31. The van der Waals surface area contributed by atoms with E-state index in [0.29, 0.717) is 0 Å². The Hall–Kier alpha value is -3.13. The van der Waals surface area contributed by atoms with Crippen LogP contribution in [0.5, 0.6) is 0 Å². The molecule has 0 saturated heterocycles. The summed E-state index contributed by atoms with van der Waals surface area (Å²) in [4.78, 5) is 0. The number of aryl methyl sites for hydroxylation is 4. The lowest BCUT2D eigenvalue weighted by molar-refractivity contribution is 0.884. The average molecular weight is 352 g/mol. The molecular formula is C25H24N2. The van der Waals surface area contributed by atoms with Crippen molar-refractivity contribution in [2.45, 2.75) is 27.7 Å². The summed E-state index contributed by atoms with van der Waals surface area (Å²) in [6, 6.07) is 23.9. The molecule has 3 aromatic carbocycles. The van der Waals surface area contributed by atoms with Crippen LogP contribution in [0.1, 0.15) is 22.3 Å². The quantitative estimate of drug-likeness (QED) is 0.415. The van der Waals surface area contributed by atoms with E-state index in [4.69, 9.17) is 5.10 Å². The van der Waals surface area contributed by atoms with Crippen LogP contribution in [0.2, 0.25) is 0 Å². The van der Waals surface area contributed by atoms with Crippen LogP contribution in [0.4, 0.5) is 0 Å². The van der Waals surface area contributed by atoms with Gasteiger partial charge in [0.25, 0.3) is 0 Å². The maximum Gasteiger partial charge on any atom is 0.0927 e. The van der Waals surface area contributed by atoms with Crippen LogP contribution in [0.3, 0.4) is 0 Å². The maximum atomic E-state index is 4.78. The fraction of sp³-hybridized carbons (Fsp3) is 0.160. The molecule has 1 aromatic heterocycles. The SMILES string of the molecule is Cc1cc(C)cc(-c2ccc(-n3ccc(-c4cc(C)cc(C)c4)n3)cc2)c1. The van der Waals surface area contributed by atoms with Gasteiger partial charge in [-0.05, 0) is 69.2 Å². The molecule has 0 bridgehead atoms. The summed E-state index contributed by atoms with van der Waals surface area (Å²) >= 11 is 0. The first-order valence-corrected chi connectivity index (χ1v) is 9.31. The van der Waals surface area contributed by atoms with Crippen molar-refractivity contribution in [3.63, 3.8) is 0 Å². The average Bonchev–Trinajstić information content (AvgIpc) is 3.10. The summed E-state index contributed by atoms with van der Waals surface area (Å²) in [6.45, 7) is 8.53. The molecule has 4 rings (SSSR count). The van der Waals surface area contributed by atoms with Gasteiger partial charge in [0.1, 0.15) is 0 Å². The lowest BCUT2D eigenvalue weighted by Gasteiger charge is -2.07. The zero-order valence-electron chi connectivity index (χ0n) is 16.3. The van der Waals surface area contributed by atoms with E-state index in [1.165, 1.54) is 33.4 Å². The van der Waals surface area contributed by atoms with Crippen LogP contribution in [-0.2, 0) is 0 Å². The van der Waals surface area contributed by atoms with Crippen LogP contribution in [-0.4, -0.2) is 9.78 Å². The summed E-state index contributed by atoms with van der Waals surface area (Å²) in [7, 11) is 0. The van der Waals surface area contributed by atoms with E-state index in [9.17, 15) is 0 Å². The molecule has 0 unspecified atom stereocenters. The van der Waals surface area contributed by atoms with Crippen molar-refractivity contribution < 1.29 is 0 Å². The first-order chi connectivity index (χ1) is 13.0. The molecule has 0 fully saturated rings. The van der Waals surface area contributed by atoms with Gasteiger partial charge in [0.15, 0.2) is 0 Å². The van der Waals surface area contributed by atoms with Gasteiger partial charge in [-0.2, -0.15) is 5.10 Å². The van der Waals surface area contributed by atoms with Crippen molar-refractivity contribution in [3.05, 3.63) is 95.2 Å². The zero-order valence-corrected chi connectivity index (χ0v) is 16.3. The van der Waals surface area contributed by atoms with Gasteiger partial charge in [0.05, 0.1) is 11.4 Å². The van der Waals surface area contributed by atoms with Gasteiger partial charge < -0.3 is 0 Å². The van der Waals surface area contributed by atoms with Gasteiger partial charge in [0, 0.05) is 11.8 Å². The Bertz CT molecular complexity index is 1060. The minimum absolute atomic E-state index is 1.00. The normalized spacial score (nSPS) is 11.0. The number of rotatable bonds is 3. The molecule has 0 aliphatic heterocycles. The van der Waals surface area contributed by atoms with E-state index in [1.807, 2.05) is 10.9 Å². The van der Waals surface area contributed by atoms with E-state index in [0.717, 1.165) is 16.9 Å². The van der Waals surface area contributed by atoms with Gasteiger partial charge in [-0.1, -0.05) is 58.7 Å². The molecule has 1 heterocycles. The minimum atomic E-state index is 1.00.